The summed E-state index contributed by atoms with van der Waals surface area (Å²) in [7, 11) is 1.24. The molecule has 0 aliphatic carbocycles. The van der Waals surface area contributed by atoms with Crippen LogP contribution >= 0.6 is 11.3 Å². The molecular formula is C20H21N5O7S. The molecule has 1 aromatic rings. The number of carbonyl (C=O) groups excluding carboxylic acids is 3. The number of carboxylic acids is 1. The van der Waals surface area contributed by atoms with Gasteiger partial charge in [-0.2, -0.15) is 0 Å². The van der Waals surface area contributed by atoms with Crippen LogP contribution in [-0.2, 0) is 24.0 Å². The smallest absolute Gasteiger partial charge is 0.367 e. The van der Waals surface area contributed by atoms with Crippen LogP contribution in [0.15, 0.2) is 47.6 Å². The largest absolute Gasteiger partial charge is 0.481 e. The lowest BCUT2D eigenvalue weighted by atomic mass is 10.1. The zero-order valence-electron chi connectivity index (χ0n) is 17.6. The highest BCUT2D eigenvalue weighted by atomic mass is 32.1. The number of thiazole rings is 1. The van der Waals surface area contributed by atoms with Crippen LogP contribution < -0.4 is 5.32 Å². The summed E-state index contributed by atoms with van der Waals surface area (Å²) in [5.74, 6) is -4.13. The van der Waals surface area contributed by atoms with E-state index in [2.05, 4.69) is 28.6 Å². The number of carboxylic acid groups (broad SMARTS) is 1. The second-order valence-corrected chi connectivity index (χ2v) is 7.63. The molecule has 2 atom stereocenters. The van der Waals surface area contributed by atoms with Gasteiger partial charge in [0.1, 0.15) is 31.4 Å². The molecular weight excluding hydrogens is 454 g/mol. The van der Waals surface area contributed by atoms with E-state index in [9.17, 15) is 24.3 Å². The SMILES string of the molecule is C=CCOC(=O)c1nc(/C(=N/OC)C(=O)N[C@H]2CN3CC=C(C(C=C)C(=O)O)N3C2=O)cs1. The van der Waals surface area contributed by atoms with Crippen LogP contribution in [0.5, 0.6) is 0 Å². The third-order valence-electron chi connectivity index (χ3n) is 4.72. The summed E-state index contributed by atoms with van der Waals surface area (Å²) in [6.07, 6.45) is 4.28. The summed E-state index contributed by atoms with van der Waals surface area (Å²) < 4.78 is 4.92. The van der Waals surface area contributed by atoms with Gasteiger partial charge in [-0.05, 0) is 6.08 Å². The third kappa shape index (κ3) is 4.83. The Bertz CT molecular complexity index is 1060. The minimum atomic E-state index is -1.14. The number of carbonyl (C=O) groups is 4. The fraction of sp³-hybridized carbons (Fsp3) is 0.300. The molecule has 174 valence electrons. The molecule has 1 saturated heterocycles. The van der Waals surface area contributed by atoms with Gasteiger partial charge in [-0.25, -0.2) is 19.8 Å². The number of rotatable bonds is 10. The number of aliphatic carboxylic acids is 1. The average Bonchev–Trinajstić information content (AvgIpc) is 3.49. The van der Waals surface area contributed by atoms with Crippen molar-refractivity contribution in [2.24, 2.45) is 11.1 Å². The van der Waals surface area contributed by atoms with Gasteiger partial charge in [0, 0.05) is 18.5 Å². The van der Waals surface area contributed by atoms with Crippen LogP contribution in [0.2, 0.25) is 0 Å². The van der Waals surface area contributed by atoms with Crippen LogP contribution in [0, 0.1) is 5.92 Å². The fourth-order valence-corrected chi connectivity index (χ4v) is 3.99. The zero-order valence-corrected chi connectivity index (χ0v) is 18.4. The van der Waals surface area contributed by atoms with E-state index in [0.717, 1.165) is 11.3 Å². The van der Waals surface area contributed by atoms with Crippen molar-refractivity contribution in [3.8, 4) is 0 Å². The van der Waals surface area contributed by atoms with Crippen molar-refractivity contribution in [1.82, 2.24) is 20.3 Å². The van der Waals surface area contributed by atoms with Gasteiger partial charge < -0.3 is 20.0 Å². The molecule has 33 heavy (non-hydrogen) atoms. The standard InChI is InChI=1S/C20H21N5O7S/c1-4-8-32-20(30)17-22-13(10-33-17)15(23-31-3)16(26)21-12-9-24-7-6-14(25(24)18(12)27)11(5-2)19(28)29/h4-6,10-12H,1-2,7-9H2,3H3,(H,21,26)(H,28,29)/b23-15-/t11?,12-/m0/s1. The van der Waals surface area contributed by atoms with E-state index in [1.54, 1.807) is 11.1 Å². The van der Waals surface area contributed by atoms with Crippen molar-refractivity contribution < 1.29 is 33.9 Å². The predicted octanol–water partition coefficient (Wildman–Crippen LogP) is 0.165. The normalized spacial score (nSPS) is 18.9. The lowest BCUT2D eigenvalue weighted by Crippen LogP contribution is -2.46. The maximum Gasteiger partial charge on any atom is 0.367 e. The predicted molar refractivity (Wildman–Crippen MR) is 116 cm³/mol. The molecule has 0 spiro atoms. The summed E-state index contributed by atoms with van der Waals surface area (Å²) >= 11 is 0.953. The van der Waals surface area contributed by atoms with Crippen molar-refractivity contribution in [3.05, 3.63) is 53.2 Å². The summed E-state index contributed by atoms with van der Waals surface area (Å²) in [5.41, 5.74) is 0.0956. The molecule has 12 nitrogen and oxygen atoms in total. The van der Waals surface area contributed by atoms with Crippen molar-refractivity contribution in [2.75, 3.05) is 26.8 Å². The highest BCUT2D eigenvalue weighted by molar-refractivity contribution is 7.11. The molecule has 3 heterocycles. The lowest BCUT2D eigenvalue weighted by molar-refractivity contribution is -0.141. The highest BCUT2D eigenvalue weighted by Crippen LogP contribution is 2.30. The first-order valence-corrected chi connectivity index (χ1v) is 10.5. The van der Waals surface area contributed by atoms with Crippen molar-refractivity contribution in [3.63, 3.8) is 0 Å². The van der Waals surface area contributed by atoms with Gasteiger partial charge in [0.2, 0.25) is 5.01 Å². The molecule has 2 aliphatic rings. The second-order valence-electron chi connectivity index (χ2n) is 6.78. The lowest BCUT2D eigenvalue weighted by Gasteiger charge is -2.24. The first-order chi connectivity index (χ1) is 15.8. The maximum absolute atomic E-state index is 12.9. The van der Waals surface area contributed by atoms with Gasteiger partial charge in [0.05, 0.1) is 5.70 Å². The van der Waals surface area contributed by atoms with Crippen LogP contribution in [0.4, 0.5) is 0 Å². The number of fused-ring (bicyclic) bond motifs is 1. The number of aromatic nitrogens is 1. The summed E-state index contributed by atoms with van der Waals surface area (Å²) in [6, 6.07) is -0.960. The van der Waals surface area contributed by atoms with Gasteiger partial charge >= 0.3 is 11.9 Å². The minimum Gasteiger partial charge on any atom is -0.481 e. The first-order valence-electron chi connectivity index (χ1n) is 9.62. The van der Waals surface area contributed by atoms with E-state index < -0.39 is 35.7 Å². The van der Waals surface area contributed by atoms with Gasteiger partial charge in [-0.3, -0.25) is 14.4 Å². The Morgan fingerprint density at radius 2 is 2.21 bits per heavy atom. The molecule has 2 aliphatic heterocycles. The Labute approximate surface area is 192 Å². The fourth-order valence-electron chi connectivity index (χ4n) is 3.30. The Kier molecular flexibility index (Phi) is 7.35. The number of nitrogens with one attached hydrogen (secondary N) is 1. The molecule has 2 N–H and O–H groups in total. The average molecular weight is 475 g/mol. The number of hydrazine groups is 1. The van der Waals surface area contributed by atoms with E-state index in [1.807, 2.05) is 0 Å². The second kappa shape index (κ2) is 10.2. The van der Waals surface area contributed by atoms with Gasteiger partial charge in [-0.15, -0.1) is 17.9 Å². The van der Waals surface area contributed by atoms with Gasteiger partial charge in [0.15, 0.2) is 5.71 Å². The molecule has 0 saturated carbocycles. The highest BCUT2D eigenvalue weighted by Gasteiger charge is 2.46. The first kappa shape index (κ1) is 23.8. The Morgan fingerprint density at radius 1 is 1.45 bits per heavy atom. The number of hydrogen-bond donors (Lipinski definition) is 2. The van der Waals surface area contributed by atoms with E-state index in [4.69, 9.17) is 9.57 Å². The van der Waals surface area contributed by atoms with E-state index in [0.29, 0.717) is 6.54 Å². The van der Waals surface area contributed by atoms with Crippen LogP contribution in [0.1, 0.15) is 15.5 Å². The van der Waals surface area contributed by atoms with Crippen molar-refractivity contribution in [2.45, 2.75) is 6.04 Å². The molecule has 1 fully saturated rings. The van der Waals surface area contributed by atoms with Crippen LogP contribution in [0.25, 0.3) is 0 Å². The molecule has 1 aromatic heterocycles. The molecule has 2 amide bonds. The van der Waals surface area contributed by atoms with Crippen molar-refractivity contribution in [1.29, 1.82) is 0 Å². The van der Waals surface area contributed by atoms with Gasteiger partial charge in [-0.1, -0.05) is 23.9 Å². The molecule has 3 rings (SSSR count). The number of ether oxygens (including phenoxy) is 1. The van der Waals surface area contributed by atoms with E-state index in [1.165, 1.54) is 29.7 Å². The molecule has 1 unspecified atom stereocenters. The molecule has 0 radical (unpaired) electrons. The number of oxime groups is 1. The number of nitrogens with zero attached hydrogens (tertiary/aromatic N) is 4. The Hall–Kier alpha value is -3.84. The molecule has 13 heteroatoms. The summed E-state index contributed by atoms with van der Waals surface area (Å²) in [4.78, 5) is 58.1. The van der Waals surface area contributed by atoms with Gasteiger partial charge in [0.25, 0.3) is 11.8 Å². The van der Waals surface area contributed by atoms with Crippen LogP contribution in [-0.4, -0.2) is 82.4 Å². The molecule has 0 bridgehead atoms. The minimum absolute atomic E-state index is 0.00562. The third-order valence-corrected chi connectivity index (χ3v) is 5.54. The quantitative estimate of drug-likeness (QED) is 0.209. The number of hydrogen-bond acceptors (Lipinski definition) is 10. The summed E-state index contributed by atoms with van der Waals surface area (Å²) in [5, 5.41) is 19.9. The summed E-state index contributed by atoms with van der Waals surface area (Å²) in [6.45, 7) is 7.43. The Balaban J connectivity index is 1.74. The van der Waals surface area contributed by atoms with E-state index in [-0.39, 0.29) is 35.3 Å². The number of esters is 1. The topological polar surface area (TPSA) is 151 Å². The number of amides is 2. The molecule has 0 aromatic carbocycles. The maximum atomic E-state index is 12.9. The van der Waals surface area contributed by atoms with Crippen molar-refractivity contribution >= 4 is 40.8 Å². The van der Waals surface area contributed by atoms with Crippen LogP contribution in [0.3, 0.4) is 0 Å². The monoisotopic (exact) mass is 475 g/mol. The zero-order chi connectivity index (χ0) is 24.1. The van der Waals surface area contributed by atoms with E-state index >= 15 is 0 Å². The Morgan fingerprint density at radius 3 is 2.85 bits per heavy atom.